The molecule has 6 heteroatoms. The standard InChI is InChI=1S/C21H26O6/c1-11-5-7-20-15-4-3-13(16(20)17(22)23-2)25-18(20)27-19-21(11,15)9-14(26-19)12-6-8-24-10-12/h6,8,10-11,13-16,18-19H,3-5,7,9H2,1-2H3/t11?,13?,14-,15-,16+,18+,19+,20?,21?/m0/s1. The number of carbonyl (C=O) groups excluding carboxylic acids is 1. The van der Waals surface area contributed by atoms with E-state index in [2.05, 4.69) is 6.92 Å². The van der Waals surface area contributed by atoms with Gasteiger partial charge in [-0.3, -0.25) is 4.79 Å². The van der Waals surface area contributed by atoms with Gasteiger partial charge in [0.1, 0.15) is 0 Å². The number of fused-ring (bicyclic) bond motifs is 1. The molecule has 3 aliphatic heterocycles. The molecule has 5 aliphatic rings. The molecule has 5 fully saturated rings. The van der Waals surface area contributed by atoms with Crippen LogP contribution in [0.5, 0.6) is 0 Å². The van der Waals surface area contributed by atoms with Crippen molar-refractivity contribution in [2.24, 2.45) is 28.6 Å². The van der Waals surface area contributed by atoms with Crippen molar-refractivity contribution < 1.29 is 28.2 Å². The van der Waals surface area contributed by atoms with Crippen LogP contribution in [0.1, 0.15) is 50.7 Å². The summed E-state index contributed by atoms with van der Waals surface area (Å²) in [7, 11) is 1.49. The SMILES string of the molecule is COC(=O)[C@H]1C2CC[C@@H]3C45C[C@@H](c6ccoc6)O[C@@H]4O[C@@H](O2)C31CCC5C. The van der Waals surface area contributed by atoms with Crippen molar-refractivity contribution in [1.82, 2.24) is 0 Å². The molecule has 0 aromatic carbocycles. The summed E-state index contributed by atoms with van der Waals surface area (Å²) < 4.78 is 29.8. The van der Waals surface area contributed by atoms with E-state index in [9.17, 15) is 4.79 Å². The molecule has 2 saturated carbocycles. The lowest BCUT2D eigenvalue weighted by Crippen LogP contribution is -2.66. The Morgan fingerprint density at radius 1 is 1.15 bits per heavy atom. The van der Waals surface area contributed by atoms with Crippen molar-refractivity contribution in [2.75, 3.05) is 7.11 Å². The molecular formula is C21H26O6. The molecule has 0 radical (unpaired) electrons. The molecule has 146 valence electrons. The van der Waals surface area contributed by atoms with Gasteiger partial charge in [0, 0.05) is 16.4 Å². The van der Waals surface area contributed by atoms with Crippen LogP contribution < -0.4 is 0 Å². The van der Waals surface area contributed by atoms with Gasteiger partial charge in [0.15, 0.2) is 12.6 Å². The Morgan fingerprint density at radius 3 is 2.78 bits per heavy atom. The van der Waals surface area contributed by atoms with E-state index in [0.29, 0.717) is 11.8 Å². The highest BCUT2D eigenvalue weighted by Gasteiger charge is 2.78. The smallest absolute Gasteiger partial charge is 0.312 e. The molecule has 6 rings (SSSR count). The first kappa shape index (κ1) is 16.6. The summed E-state index contributed by atoms with van der Waals surface area (Å²) in [5.41, 5.74) is 0.716. The van der Waals surface area contributed by atoms with Crippen molar-refractivity contribution in [1.29, 1.82) is 0 Å². The predicted molar refractivity (Wildman–Crippen MR) is 92.2 cm³/mol. The number of carbonyl (C=O) groups is 1. The third kappa shape index (κ3) is 1.80. The second-order valence-electron chi connectivity index (χ2n) is 9.16. The van der Waals surface area contributed by atoms with Crippen molar-refractivity contribution in [2.45, 2.75) is 63.8 Å². The summed E-state index contributed by atoms with van der Waals surface area (Å²) in [5.74, 6) is 0.484. The molecule has 0 amide bonds. The van der Waals surface area contributed by atoms with Crippen LogP contribution >= 0.6 is 0 Å². The minimum Gasteiger partial charge on any atom is -0.472 e. The first-order valence-corrected chi connectivity index (χ1v) is 10.2. The van der Waals surface area contributed by atoms with Crippen LogP contribution in [0.25, 0.3) is 0 Å². The van der Waals surface area contributed by atoms with Gasteiger partial charge in [-0.2, -0.15) is 0 Å². The van der Waals surface area contributed by atoms with Gasteiger partial charge in [-0.25, -0.2) is 0 Å². The van der Waals surface area contributed by atoms with Gasteiger partial charge in [-0.1, -0.05) is 6.92 Å². The fraction of sp³-hybridized carbons (Fsp3) is 0.762. The third-order valence-corrected chi connectivity index (χ3v) is 8.54. The maximum atomic E-state index is 12.8. The van der Waals surface area contributed by atoms with Crippen LogP contribution in [0, 0.1) is 28.6 Å². The number of hydrogen-bond acceptors (Lipinski definition) is 6. The Balaban J connectivity index is 1.47. The maximum absolute atomic E-state index is 12.8. The number of rotatable bonds is 2. The van der Waals surface area contributed by atoms with Gasteiger partial charge >= 0.3 is 5.97 Å². The fourth-order valence-corrected chi connectivity index (χ4v) is 7.43. The normalized spacial score (nSPS) is 52.4. The first-order chi connectivity index (χ1) is 13.1. The fourth-order valence-electron chi connectivity index (χ4n) is 7.43. The van der Waals surface area contributed by atoms with Gasteiger partial charge in [0.05, 0.1) is 37.8 Å². The first-order valence-electron chi connectivity index (χ1n) is 10.2. The second-order valence-corrected chi connectivity index (χ2v) is 9.16. The molecule has 3 saturated heterocycles. The van der Waals surface area contributed by atoms with Crippen molar-refractivity contribution in [3.05, 3.63) is 24.2 Å². The maximum Gasteiger partial charge on any atom is 0.312 e. The highest BCUT2D eigenvalue weighted by atomic mass is 16.8. The van der Waals surface area contributed by atoms with E-state index in [1.54, 1.807) is 12.5 Å². The van der Waals surface area contributed by atoms with Gasteiger partial charge in [0.2, 0.25) is 0 Å². The molecule has 2 aliphatic carbocycles. The predicted octanol–water partition coefficient (Wildman–Crippen LogP) is 3.42. The van der Waals surface area contributed by atoms with Gasteiger partial charge in [-0.15, -0.1) is 0 Å². The van der Waals surface area contributed by atoms with Crippen LogP contribution in [-0.2, 0) is 23.7 Å². The summed E-state index contributed by atoms with van der Waals surface area (Å²) in [5, 5.41) is 0. The molecule has 4 unspecified atom stereocenters. The quantitative estimate of drug-likeness (QED) is 0.739. The zero-order chi connectivity index (χ0) is 18.4. The van der Waals surface area contributed by atoms with E-state index in [0.717, 1.165) is 37.7 Å². The number of ether oxygens (including phenoxy) is 4. The van der Waals surface area contributed by atoms with Crippen molar-refractivity contribution >= 4 is 5.97 Å². The van der Waals surface area contributed by atoms with Crippen LogP contribution in [0.4, 0.5) is 0 Å². The summed E-state index contributed by atoms with van der Waals surface area (Å²) in [6.45, 7) is 2.33. The average Bonchev–Trinajstić information content (AvgIpc) is 3.36. The topological polar surface area (TPSA) is 67.1 Å². The third-order valence-electron chi connectivity index (χ3n) is 8.54. The van der Waals surface area contributed by atoms with Gasteiger partial charge in [-0.05, 0) is 50.0 Å². The minimum atomic E-state index is -0.368. The largest absolute Gasteiger partial charge is 0.472 e. The Morgan fingerprint density at radius 2 is 2.00 bits per heavy atom. The lowest BCUT2D eigenvalue weighted by Gasteiger charge is -2.63. The molecule has 3 bridgehead atoms. The van der Waals surface area contributed by atoms with E-state index in [4.69, 9.17) is 23.4 Å². The minimum absolute atomic E-state index is 0.0283. The summed E-state index contributed by atoms with van der Waals surface area (Å²) >= 11 is 0. The number of esters is 1. The van der Waals surface area contributed by atoms with E-state index < -0.39 is 0 Å². The average molecular weight is 374 g/mol. The Labute approximate surface area is 158 Å². The molecule has 1 aromatic rings. The second kappa shape index (κ2) is 5.37. The van der Waals surface area contributed by atoms with E-state index in [1.807, 2.05) is 6.07 Å². The molecular weight excluding hydrogens is 348 g/mol. The zero-order valence-electron chi connectivity index (χ0n) is 15.8. The Kier molecular flexibility index (Phi) is 3.29. The van der Waals surface area contributed by atoms with E-state index >= 15 is 0 Å². The molecule has 6 nitrogen and oxygen atoms in total. The number of hydrogen-bond donors (Lipinski definition) is 0. The van der Waals surface area contributed by atoms with Crippen LogP contribution in [-0.4, -0.2) is 31.8 Å². The summed E-state index contributed by atoms with van der Waals surface area (Å²) in [6, 6.07) is 1.98. The molecule has 4 heterocycles. The summed E-state index contributed by atoms with van der Waals surface area (Å²) in [6.07, 6.45) is 7.60. The Bertz CT molecular complexity index is 761. The lowest BCUT2D eigenvalue weighted by molar-refractivity contribution is -0.355. The van der Waals surface area contributed by atoms with E-state index in [1.165, 1.54) is 7.11 Å². The lowest BCUT2D eigenvalue weighted by atomic mass is 9.42. The van der Waals surface area contributed by atoms with Gasteiger partial charge in [0.25, 0.3) is 0 Å². The number of methoxy groups -OCH3 is 1. The summed E-state index contributed by atoms with van der Waals surface area (Å²) in [4.78, 5) is 12.8. The highest BCUT2D eigenvalue weighted by molar-refractivity contribution is 5.75. The Hall–Kier alpha value is -1.37. The molecule has 2 spiro atoms. The van der Waals surface area contributed by atoms with Crippen LogP contribution in [0.15, 0.2) is 23.0 Å². The molecule has 0 N–H and O–H groups in total. The van der Waals surface area contributed by atoms with Crippen molar-refractivity contribution in [3.63, 3.8) is 0 Å². The number of furan rings is 1. The van der Waals surface area contributed by atoms with Gasteiger partial charge < -0.3 is 23.4 Å². The zero-order valence-corrected chi connectivity index (χ0v) is 15.8. The highest BCUT2D eigenvalue weighted by Crippen LogP contribution is 2.75. The monoisotopic (exact) mass is 374 g/mol. The van der Waals surface area contributed by atoms with Crippen molar-refractivity contribution in [3.8, 4) is 0 Å². The van der Waals surface area contributed by atoms with E-state index in [-0.39, 0.29) is 47.5 Å². The van der Waals surface area contributed by atoms with Crippen LogP contribution in [0.2, 0.25) is 0 Å². The van der Waals surface area contributed by atoms with Crippen LogP contribution in [0.3, 0.4) is 0 Å². The molecule has 1 aromatic heterocycles. The molecule has 9 atom stereocenters. The molecule has 27 heavy (non-hydrogen) atoms.